The first kappa shape index (κ1) is 24.4. The highest BCUT2D eigenvalue weighted by atomic mass is 19.4. The van der Waals surface area contributed by atoms with E-state index in [1.165, 1.54) is 24.3 Å². The van der Waals surface area contributed by atoms with Crippen LogP contribution in [0.1, 0.15) is 44.2 Å². The van der Waals surface area contributed by atoms with Crippen LogP contribution < -0.4 is 0 Å². The lowest BCUT2D eigenvalue weighted by atomic mass is 9.81. The molecule has 3 nitrogen and oxygen atoms in total. The first-order chi connectivity index (χ1) is 15.2. The van der Waals surface area contributed by atoms with Crippen LogP contribution in [0.4, 0.5) is 22.0 Å². The van der Waals surface area contributed by atoms with Gasteiger partial charge in [0.15, 0.2) is 0 Å². The number of nitrogens with zero attached hydrogens (tertiary/aromatic N) is 1. The first-order valence-corrected chi connectivity index (χ1v) is 10.1. The van der Waals surface area contributed by atoms with Gasteiger partial charge in [0.2, 0.25) is 0 Å². The Morgan fingerprint density at radius 1 is 0.939 bits per heavy atom. The van der Waals surface area contributed by atoms with Crippen LogP contribution in [0.2, 0.25) is 0 Å². The molecule has 1 atom stereocenters. The summed E-state index contributed by atoms with van der Waals surface area (Å²) in [5.74, 6) is -3.57. The molecule has 8 heteroatoms. The van der Waals surface area contributed by atoms with Crippen LogP contribution in [-0.2, 0) is 11.0 Å². The Balaban J connectivity index is 2.21. The van der Waals surface area contributed by atoms with E-state index in [0.29, 0.717) is 5.56 Å². The number of hydrogen-bond acceptors (Lipinski definition) is 2. The van der Waals surface area contributed by atoms with Gasteiger partial charge in [0, 0.05) is 11.1 Å². The summed E-state index contributed by atoms with van der Waals surface area (Å²) in [6.07, 6.45) is -4.28. The van der Waals surface area contributed by atoms with Crippen LogP contribution in [0.3, 0.4) is 0 Å². The van der Waals surface area contributed by atoms with Crippen molar-refractivity contribution in [3.8, 4) is 22.5 Å². The standard InChI is InChI=1S/C25H22F5NO2/c1-24(2,3)13-19(23(32)33)15-10-21(14-4-6-16(7-5-14)25(28,29)30)31-22(11-15)18-12-17(26)8-9-20(18)27/h4-12,19H,13H2,1-3H3,(H,32,33). The molecule has 1 N–H and O–H groups in total. The fraction of sp³-hybridized carbons (Fsp3) is 0.280. The van der Waals surface area contributed by atoms with Gasteiger partial charge in [0.25, 0.3) is 0 Å². The zero-order valence-corrected chi connectivity index (χ0v) is 18.2. The second kappa shape index (κ2) is 8.92. The Morgan fingerprint density at radius 3 is 2.09 bits per heavy atom. The normalized spacial score (nSPS) is 13.1. The van der Waals surface area contributed by atoms with E-state index in [4.69, 9.17) is 0 Å². The summed E-state index contributed by atoms with van der Waals surface area (Å²) in [6, 6.07) is 9.85. The molecule has 1 heterocycles. The van der Waals surface area contributed by atoms with Crippen LogP contribution in [0.15, 0.2) is 54.6 Å². The SMILES string of the molecule is CC(C)(C)CC(C(=O)O)c1cc(-c2ccc(C(F)(F)F)cc2)nc(-c2cc(F)ccc2F)c1. The predicted octanol–water partition coefficient (Wildman–Crippen LogP) is 7.32. The van der Waals surface area contributed by atoms with Crippen LogP contribution in [0.5, 0.6) is 0 Å². The third-order valence-electron chi connectivity index (χ3n) is 5.08. The second-order valence-electron chi connectivity index (χ2n) is 9.03. The molecule has 0 spiro atoms. The predicted molar refractivity (Wildman–Crippen MR) is 114 cm³/mol. The summed E-state index contributed by atoms with van der Waals surface area (Å²) in [7, 11) is 0. The first-order valence-electron chi connectivity index (χ1n) is 10.1. The Labute approximate surface area is 187 Å². The smallest absolute Gasteiger partial charge is 0.416 e. The number of pyridine rings is 1. The maximum atomic E-state index is 14.5. The maximum absolute atomic E-state index is 14.5. The van der Waals surface area contributed by atoms with E-state index >= 15 is 0 Å². The zero-order chi connectivity index (χ0) is 24.6. The summed E-state index contributed by atoms with van der Waals surface area (Å²) in [6.45, 7) is 5.61. The van der Waals surface area contributed by atoms with Crippen LogP contribution >= 0.6 is 0 Å². The molecule has 1 unspecified atom stereocenters. The number of hydrogen-bond donors (Lipinski definition) is 1. The van der Waals surface area contributed by atoms with Gasteiger partial charge in [0.05, 0.1) is 22.9 Å². The minimum Gasteiger partial charge on any atom is -0.481 e. The number of carboxylic acids is 1. The molecule has 1 aromatic heterocycles. The molecule has 0 aliphatic carbocycles. The number of halogens is 5. The molecule has 0 fully saturated rings. The molecular weight excluding hydrogens is 441 g/mol. The largest absolute Gasteiger partial charge is 0.481 e. The van der Waals surface area contributed by atoms with Crippen molar-refractivity contribution in [1.82, 2.24) is 4.98 Å². The Bertz CT molecular complexity index is 1160. The highest BCUT2D eigenvalue weighted by Gasteiger charge is 2.30. The Hall–Kier alpha value is -3.29. The summed E-state index contributed by atoms with van der Waals surface area (Å²) < 4.78 is 67.2. The molecule has 3 aromatic rings. The summed E-state index contributed by atoms with van der Waals surface area (Å²) in [5, 5.41) is 9.86. The summed E-state index contributed by atoms with van der Waals surface area (Å²) in [4.78, 5) is 16.4. The van der Waals surface area contributed by atoms with E-state index in [1.807, 2.05) is 20.8 Å². The van der Waals surface area contributed by atoms with Gasteiger partial charge in [-0.15, -0.1) is 0 Å². The molecule has 0 bridgehead atoms. The number of carboxylic acid groups (broad SMARTS) is 1. The number of aromatic nitrogens is 1. The van der Waals surface area contributed by atoms with Crippen molar-refractivity contribution in [2.75, 3.05) is 0 Å². The van der Waals surface area contributed by atoms with Gasteiger partial charge in [-0.25, -0.2) is 13.8 Å². The van der Waals surface area contributed by atoms with Gasteiger partial charge < -0.3 is 5.11 Å². The molecule has 0 radical (unpaired) electrons. The number of aliphatic carboxylic acids is 1. The lowest BCUT2D eigenvalue weighted by Gasteiger charge is -2.24. The second-order valence-corrected chi connectivity index (χ2v) is 9.03. The van der Waals surface area contributed by atoms with Crippen molar-refractivity contribution in [3.63, 3.8) is 0 Å². The monoisotopic (exact) mass is 463 g/mol. The highest BCUT2D eigenvalue weighted by Crippen LogP contribution is 2.36. The van der Waals surface area contributed by atoms with E-state index in [1.54, 1.807) is 0 Å². The molecule has 0 amide bonds. The molecule has 3 rings (SSSR count). The van der Waals surface area contributed by atoms with Crippen molar-refractivity contribution in [3.05, 3.63) is 77.4 Å². The van der Waals surface area contributed by atoms with E-state index in [-0.39, 0.29) is 34.4 Å². The molecule has 174 valence electrons. The average Bonchev–Trinajstić information content (AvgIpc) is 2.72. The van der Waals surface area contributed by atoms with Crippen LogP contribution in [0, 0.1) is 17.0 Å². The van der Waals surface area contributed by atoms with E-state index in [0.717, 1.165) is 30.3 Å². The number of benzene rings is 2. The minimum absolute atomic E-state index is 0.0143. The fourth-order valence-corrected chi connectivity index (χ4v) is 3.52. The van der Waals surface area contributed by atoms with Gasteiger partial charge in [-0.1, -0.05) is 32.9 Å². The molecule has 33 heavy (non-hydrogen) atoms. The number of carbonyl (C=O) groups is 1. The number of alkyl halides is 3. The third kappa shape index (κ3) is 5.94. The summed E-state index contributed by atoms with van der Waals surface area (Å²) >= 11 is 0. The topological polar surface area (TPSA) is 50.2 Å². The van der Waals surface area contributed by atoms with E-state index < -0.39 is 35.3 Å². The maximum Gasteiger partial charge on any atom is 0.416 e. The van der Waals surface area contributed by atoms with Crippen molar-refractivity contribution in [2.45, 2.75) is 39.3 Å². The van der Waals surface area contributed by atoms with Gasteiger partial charge in [-0.05, 0) is 59.9 Å². The van der Waals surface area contributed by atoms with Crippen molar-refractivity contribution >= 4 is 5.97 Å². The van der Waals surface area contributed by atoms with Crippen LogP contribution in [-0.4, -0.2) is 16.1 Å². The highest BCUT2D eigenvalue weighted by molar-refractivity contribution is 5.78. The molecule has 0 saturated heterocycles. The molecule has 0 aliphatic rings. The minimum atomic E-state index is -4.52. The van der Waals surface area contributed by atoms with Gasteiger partial charge in [-0.3, -0.25) is 4.79 Å². The number of rotatable bonds is 5. The van der Waals surface area contributed by atoms with E-state index in [9.17, 15) is 31.9 Å². The van der Waals surface area contributed by atoms with E-state index in [2.05, 4.69) is 4.98 Å². The molecule has 0 aliphatic heterocycles. The van der Waals surface area contributed by atoms with Crippen molar-refractivity contribution in [2.24, 2.45) is 5.41 Å². The fourth-order valence-electron chi connectivity index (χ4n) is 3.52. The molecule has 2 aromatic carbocycles. The zero-order valence-electron chi connectivity index (χ0n) is 18.2. The lowest BCUT2D eigenvalue weighted by molar-refractivity contribution is -0.139. The lowest BCUT2D eigenvalue weighted by Crippen LogP contribution is -2.19. The van der Waals surface area contributed by atoms with Gasteiger partial charge in [-0.2, -0.15) is 13.2 Å². The average molecular weight is 463 g/mol. The summed E-state index contributed by atoms with van der Waals surface area (Å²) in [5.41, 5.74) is -0.686. The molecule has 0 saturated carbocycles. The van der Waals surface area contributed by atoms with Gasteiger partial charge >= 0.3 is 12.1 Å². The third-order valence-corrected chi connectivity index (χ3v) is 5.08. The van der Waals surface area contributed by atoms with Crippen LogP contribution in [0.25, 0.3) is 22.5 Å². The Kier molecular flexibility index (Phi) is 6.58. The Morgan fingerprint density at radius 2 is 1.55 bits per heavy atom. The van der Waals surface area contributed by atoms with Gasteiger partial charge in [0.1, 0.15) is 11.6 Å². The van der Waals surface area contributed by atoms with Crippen molar-refractivity contribution in [1.29, 1.82) is 0 Å². The van der Waals surface area contributed by atoms with Crippen molar-refractivity contribution < 1.29 is 31.9 Å². The molecular formula is C25H22F5NO2. The quantitative estimate of drug-likeness (QED) is 0.404.